The molecule has 2 N–H and O–H groups in total. The number of carbonyl (C=O) groups excluding carboxylic acids is 1. The van der Waals surface area contributed by atoms with Gasteiger partial charge in [0.05, 0.1) is 16.7 Å². The Kier molecular flexibility index (Phi) is 4.73. The zero-order valence-electron chi connectivity index (χ0n) is 17.1. The van der Waals surface area contributed by atoms with Gasteiger partial charge in [0, 0.05) is 19.0 Å². The van der Waals surface area contributed by atoms with Crippen LogP contribution in [0, 0.1) is 17.2 Å². The van der Waals surface area contributed by atoms with Gasteiger partial charge in [0.2, 0.25) is 0 Å². The number of ether oxygens (including phenoxy) is 2. The maximum Gasteiger partial charge on any atom is 0.407 e. The number of hydrogen-bond acceptors (Lipinski definition) is 5. The minimum absolute atomic E-state index is 0.109. The van der Waals surface area contributed by atoms with Crippen molar-refractivity contribution in [3.63, 3.8) is 0 Å². The van der Waals surface area contributed by atoms with Gasteiger partial charge in [0.25, 0.3) is 0 Å². The molecule has 4 aliphatic rings. The molecular formula is C22H28ClFN2O4. The van der Waals surface area contributed by atoms with Crippen LogP contribution >= 0.6 is 11.6 Å². The zero-order valence-corrected chi connectivity index (χ0v) is 17.9. The van der Waals surface area contributed by atoms with Crippen molar-refractivity contribution in [1.82, 2.24) is 10.2 Å². The summed E-state index contributed by atoms with van der Waals surface area (Å²) in [5.41, 5.74) is -0.887. The molecule has 1 aromatic rings. The fourth-order valence-electron chi connectivity index (χ4n) is 5.82. The molecule has 5 rings (SSSR count). The van der Waals surface area contributed by atoms with Gasteiger partial charge in [-0.25, -0.2) is 9.18 Å². The molecule has 2 saturated carbocycles. The Morgan fingerprint density at radius 3 is 2.60 bits per heavy atom. The van der Waals surface area contributed by atoms with Crippen LogP contribution in [0.15, 0.2) is 18.2 Å². The highest BCUT2D eigenvalue weighted by molar-refractivity contribution is 6.32. The first-order chi connectivity index (χ1) is 14.2. The van der Waals surface area contributed by atoms with Gasteiger partial charge in [-0.2, -0.15) is 0 Å². The van der Waals surface area contributed by atoms with Crippen LogP contribution in [0.1, 0.15) is 45.4 Å². The van der Waals surface area contributed by atoms with Gasteiger partial charge >= 0.3 is 6.09 Å². The normalized spacial score (nSPS) is 29.6. The molecule has 0 aromatic heterocycles. The van der Waals surface area contributed by atoms with E-state index < -0.39 is 5.72 Å². The maximum atomic E-state index is 13.2. The number of likely N-dealkylation sites (tertiary alicyclic amines) is 1. The molecule has 1 unspecified atom stereocenters. The summed E-state index contributed by atoms with van der Waals surface area (Å²) < 4.78 is 24.2. The summed E-state index contributed by atoms with van der Waals surface area (Å²) in [5, 5.41) is 14.4. The molecule has 164 valence electrons. The molecule has 0 bridgehead atoms. The van der Waals surface area contributed by atoms with Crippen LogP contribution in [-0.4, -0.2) is 53.2 Å². The number of benzene rings is 1. The lowest BCUT2D eigenvalue weighted by Crippen LogP contribution is -2.66. The van der Waals surface area contributed by atoms with Crippen molar-refractivity contribution in [2.75, 3.05) is 19.7 Å². The van der Waals surface area contributed by atoms with Gasteiger partial charge in [-0.1, -0.05) is 11.6 Å². The third kappa shape index (κ3) is 3.45. The van der Waals surface area contributed by atoms with Crippen LogP contribution in [0.25, 0.3) is 0 Å². The third-order valence-corrected chi connectivity index (χ3v) is 8.16. The van der Waals surface area contributed by atoms with Crippen molar-refractivity contribution in [1.29, 1.82) is 0 Å². The summed E-state index contributed by atoms with van der Waals surface area (Å²) >= 11 is 6.07. The van der Waals surface area contributed by atoms with Gasteiger partial charge < -0.3 is 19.9 Å². The van der Waals surface area contributed by atoms with Gasteiger partial charge in [-0.05, 0) is 69.1 Å². The number of aliphatic hydroxyl groups is 1. The average molecular weight is 439 g/mol. The van der Waals surface area contributed by atoms with Crippen LogP contribution < -0.4 is 10.1 Å². The number of piperidine rings is 1. The second-order valence-electron chi connectivity index (χ2n) is 9.89. The number of carbonyl (C=O) groups is 1. The zero-order chi connectivity index (χ0) is 21.1. The molecule has 8 heteroatoms. The predicted octanol–water partition coefficient (Wildman–Crippen LogP) is 3.70. The number of cyclic esters (lactones) is 1. The van der Waals surface area contributed by atoms with Gasteiger partial charge in [-0.3, -0.25) is 4.90 Å². The average Bonchev–Trinajstić information content (AvgIpc) is 3.04. The van der Waals surface area contributed by atoms with E-state index >= 15 is 0 Å². The standard InChI is InChI=1S/C22H28ClFN2O4/c1-20(28,14-9-22(10-14)13-29-19(27)25-22)26-6-4-21(5-7-26)11-16(12-21)30-18-3-2-15(24)8-17(18)23/h2-3,8,14,16,28H,4-7,9-13H2,1H3,(H,25,27)/t14-,20?,22+. The Bertz CT molecular complexity index is 842. The Hall–Kier alpha value is -1.57. The number of nitrogens with one attached hydrogen (secondary N) is 1. The van der Waals surface area contributed by atoms with Gasteiger partial charge in [0.15, 0.2) is 0 Å². The molecule has 1 atom stereocenters. The highest BCUT2D eigenvalue weighted by Crippen LogP contribution is 2.53. The second kappa shape index (κ2) is 6.97. The van der Waals surface area contributed by atoms with E-state index in [4.69, 9.17) is 21.1 Å². The number of hydrogen-bond donors (Lipinski definition) is 2. The SMILES string of the molecule is CC(O)([C@H]1C[C@]2(COC(=O)N2)C1)N1CCC2(CC1)CC(Oc1ccc(F)cc1Cl)C2. The van der Waals surface area contributed by atoms with E-state index in [1.807, 2.05) is 6.92 Å². The summed E-state index contributed by atoms with van der Waals surface area (Å²) in [6, 6.07) is 4.23. The van der Waals surface area contributed by atoms with Crippen LogP contribution in [0.5, 0.6) is 5.75 Å². The summed E-state index contributed by atoms with van der Waals surface area (Å²) in [6.45, 7) is 4.01. The minimum Gasteiger partial charge on any atom is -0.489 e. The Balaban J connectivity index is 1.11. The molecule has 6 nitrogen and oxygen atoms in total. The summed E-state index contributed by atoms with van der Waals surface area (Å²) in [7, 11) is 0. The molecule has 2 saturated heterocycles. The largest absolute Gasteiger partial charge is 0.489 e. The molecular weight excluding hydrogens is 411 g/mol. The first-order valence-corrected chi connectivity index (χ1v) is 11.1. The molecule has 4 fully saturated rings. The minimum atomic E-state index is -0.874. The topological polar surface area (TPSA) is 71.0 Å². The van der Waals surface area contributed by atoms with Crippen molar-refractivity contribution < 1.29 is 23.8 Å². The van der Waals surface area contributed by atoms with Crippen LogP contribution in [-0.2, 0) is 4.74 Å². The highest BCUT2D eigenvalue weighted by Gasteiger charge is 2.58. The van der Waals surface area contributed by atoms with E-state index in [9.17, 15) is 14.3 Å². The molecule has 2 heterocycles. The molecule has 0 radical (unpaired) electrons. The van der Waals surface area contributed by atoms with E-state index in [2.05, 4.69) is 10.2 Å². The number of rotatable bonds is 4. The fourth-order valence-corrected chi connectivity index (χ4v) is 6.03. The molecule has 1 aromatic carbocycles. The van der Waals surface area contributed by atoms with Crippen molar-refractivity contribution >= 4 is 17.7 Å². The van der Waals surface area contributed by atoms with E-state index in [0.717, 1.165) is 51.6 Å². The van der Waals surface area contributed by atoms with E-state index in [1.54, 1.807) is 6.07 Å². The Morgan fingerprint density at radius 1 is 1.30 bits per heavy atom. The first-order valence-electron chi connectivity index (χ1n) is 10.7. The van der Waals surface area contributed by atoms with Gasteiger partial charge in [-0.15, -0.1) is 0 Å². The second-order valence-corrected chi connectivity index (χ2v) is 10.3. The first kappa shape index (κ1) is 20.3. The van der Waals surface area contributed by atoms with E-state index in [-0.39, 0.29) is 34.9 Å². The quantitative estimate of drug-likeness (QED) is 0.750. The Labute approximate surface area is 180 Å². The number of amides is 1. The van der Waals surface area contributed by atoms with Crippen molar-refractivity contribution in [2.45, 2.75) is 62.8 Å². The van der Waals surface area contributed by atoms with Crippen molar-refractivity contribution in [2.24, 2.45) is 11.3 Å². The monoisotopic (exact) mass is 438 g/mol. The van der Waals surface area contributed by atoms with E-state index in [0.29, 0.717) is 17.4 Å². The third-order valence-electron chi connectivity index (χ3n) is 7.87. The summed E-state index contributed by atoms with van der Waals surface area (Å²) in [4.78, 5) is 13.5. The predicted molar refractivity (Wildman–Crippen MR) is 109 cm³/mol. The Morgan fingerprint density at radius 2 is 2.00 bits per heavy atom. The smallest absolute Gasteiger partial charge is 0.407 e. The summed E-state index contributed by atoms with van der Waals surface area (Å²) in [5.74, 6) is 0.309. The maximum absolute atomic E-state index is 13.2. The van der Waals surface area contributed by atoms with Crippen LogP contribution in [0.2, 0.25) is 5.02 Å². The lowest BCUT2D eigenvalue weighted by Gasteiger charge is -2.57. The fraction of sp³-hybridized carbons (Fsp3) is 0.682. The lowest BCUT2D eigenvalue weighted by molar-refractivity contribution is -0.194. The molecule has 2 spiro atoms. The van der Waals surface area contributed by atoms with Crippen molar-refractivity contribution in [3.05, 3.63) is 29.0 Å². The highest BCUT2D eigenvalue weighted by atomic mass is 35.5. The van der Waals surface area contributed by atoms with Gasteiger partial charge in [0.1, 0.15) is 23.9 Å². The lowest BCUT2D eigenvalue weighted by atomic mass is 9.60. The van der Waals surface area contributed by atoms with E-state index in [1.165, 1.54) is 12.1 Å². The molecule has 30 heavy (non-hydrogen) atoms. The molecule has 1 amide bonds. The van der Waals surface area contributed by atoms with Crippen molar-refractivity contribution in [3.8, 4) is 5.75 Å². The van der Waals surface area contributed by atoms with Crippen LogP contribution in [0.3, 0.4) is 0 Å². The number of nitrogens with zero attached hydrogens (tertiary/aromatic N) is 1. The number of halogens is 2. The molecule has 2 aliphatic heterocycles. The van der Waals surface area contributed by atoms with Crippen LogP contribution in [0.4, 0.5) is 9.18 Å². The number of alkyl carbamates (subject to hydrolysis) is 1. The summed E-state index contributed by atoms with van der Waals surface area (Å²) in [6.07, 6.45) is 5.24. The molecule has 2 aliphatic carbocycles.